The van der Waals surface area contributed by atoms with E-state index in [0.29, 0.717) is 5.69 Å². The Morgan fingerprint density at radius 3 is 2.22 bits per heavy atom. The Balaban J connectivity index is 1.48. The molecule has 0 bridgehead atoms. The van der Waals surface area contributed by atoms with Gasteiger partial charge in [-0.3, -0.25) is 14.5 Å². The summed E-state index contributed by atoms with van der Waals surface area (Å²) in [7, 11) is 0. The quantitative estimate of drug-likeness (QED) is 0.691. The van der Waals surface area contributed by atoms with E-state index < -0.39 is 41.7 Å². The number of amides is 4. The molecule has 10 heteroatoms. The molecule has 1 unspecified atom stereocenters. The summed E-state index contributed by atoms with van der Waals surface area (Å²) in [5, 5.41) is 4.28. The molecule has 7 nitrogen and oxygen atoms in total. The van der Waals surface area contributed by atoms with Crippen molar-refractivity contribution in [2.45, 2.75) is 24.6 Å². The Bertz CT molecular complexity index is 1020. The van der Waals surface area contributed by atoms with Crippen molar-refractivity contribution in [1.29, 1.82) is 0 Å². The lowest BCUT2D eigenvalue weighted by molar-refractivity contribution is -0.198. The minimum Gasteiger partial charge on any atom is -0.372 e. The molecule has 2 aliphatic heterocycles. The molecule has 2 aromatic carbocycles. The summed E-state index contributed by atoms with van der Waals surface area (Å²) in [5.74, 6) is -2.32. The molecule has 0 radical (unpaired) electrons. The number of imide groups is 1. The molecule has 1 atom stereocenters. The molecular formula is C22H21F3N4O3. The summed E-state index contributed by atoms with van der Waals surface area (Å²) in [6.07, 6.45) is -2.86. The molecule has 2 aromatic rings. The fraction of sp³-hybridized carbons (Fsp3) is 0.318. The van der Waals surface area contributed by atoms with Crippen LogP contribution in [0.1, 0.15) is 18.4 Å². The molecule has 2 saturated heterocycles. The van der Waals surface area contributed by atoms with Gasteiger partial charge in [-0.1, -0.05) is 30.3 Å². The minimum absolute atomic E-state index is 0.286. The molecule has 2 aliphatic rings. The molecule has 2 N–H and O–H groups in total. The molecule has 168 valence electrons. The van der Waals surface area contributed by atoms with E-state index in [1.807, 2.05) is 12.1 Å². The number of hydrogen-bond acceptors (Lipinski definition) is 4. The van der Waals surface area contributed by atoms with Gasteiger partial charge < -0.3 is 15.5 Å². The molecule has 0 aliphatic carbocycles. The van der Waals surface area contributed by atoms with Crippen LogP contribution in [0.15, 0.2) is 54.6 Å². The number of hydrogen-bond donors (Lipinski definition) is 2. The zero-order chi connectivity index (χ0) is 22.9. The van der Waals surface area contributed by atoms with Crippen LogP contribution in [0.4, 0.5) is 29.3 Å². The van der Waals surface area contributed by atoms with Gasteiger partial charge in [0.15, 0.2) is 0 Å². The topological polar surface area (TPSA) is 81.8 Å². The number of carbonyl (C=O) groups excluding carboxylic acids is 3. The Hall–Kier alpha value is -3.56. The van der Waals surface area contributed by atoms with Crippen LogP contribution in [0.3, 0.4) is 0 Å². The fourth-order valence-corrected chi connectivity index (χ4v) is 4.03. The van der Waals surface area contributed by atoms with Crippen molar-refractivity contribution in [3.63, 3.8) is 0 Å². The highest BCUT2D eigenvalue weighted by atomic mass is 19.4. The Kier molecular flexibility index (Phi) is 5.53. The first-order valence-electron chi connectivity index (χ1n) is 10.1. The second-order valence-electron chi connectivity index (χ2n) is 7.72. The number of nitrogens with zero attached hydrogens (tertiary/aromatic N) is 2. The summed E-state index contributed by atoms with van der Waals surface area (Å²) < 4.78 is 41.9. The molecule has 32 heavy (non-hydrogen) atoms. The van der Waals surface area contributed by atoms with Gasteiger partial charge in [0.25, 0.3) is 5.91 Å². The van der Waals surface area contributed by atoms with Gasteiger partial charge >= 0.3 is 12.2 Å². The van der Waals surface area contributed by atoms with Crippen LogP contribution in [0.2, 0.25) is 0 Å². The lowest BCUT2D eigenvalue weighted by atomic mass is 9.89. The average molecular weight is 446 g/mol. The van der Waals surface area contributed by atoms with Gasteiger partial charge in [-0.05, 0) is 42.7 Å². The average Bonchev–Trinajstić information content (AvgIpc) is 3.38. The first-order valence-corrected chi connectivity index (χ1v) is 10.1. The third-order valence-corrected chi connectivity index (χ3v) is 5.66. The molecule has 2 fully saturated rings. The number of benzene rings is 2. The number of anilines is 2. The van der Waals surface area contributed by atoms with Crippen LogP contribution in [0.5, 0.6) is 0 Å². The number of nitrogens with one attached hydrogen (secondary N) is 2. The maximum absolute atomic E-state index is 14.0. The zero-order valence-electron chi connectivity index (χ0n) is 17.0. The third-order valence-electron chi connectivity index (χ3n) is 5.66. The fourth-order valence-electron chi connectivity index (χ4n) is 4.03. The van der Waals surface area contributed by atoms with E-state index in [1.165, 1.54) is 18.2 Å². The second-order valence-corrected chi connectivity index (χ2v) is 7.72. The SMILES string of the molecule is O=C(CN1C(=O)NC(c2ccccc2)(C(F)(F)F)C1=O)Nc1ccc(N2CCCC2)cc1. The van der Waals surface area contributed by atoms with Crippen LogP contribution in [-0.2, 0) is 15.1 Å². The van der Waals surface area contributed by atoms with E-state index >= 15 is 0 Å². The third kappa shape index (κ3) is 3.76. The van der Waals surface area contributed by atoms with Gasteiger partial charge in [0, 0.05) is 24.5 Å². The lowest BCUT2D eigenvalue weighted by Gasteiger charge is -2.29. The summed E-state index contributed by atoms with van der Waals surface area (Å²) >= 11 is 0. The van der Waals surface area contributed by atoms with Crippen molar-refractivity contribution < 1.29 is 27.6 Å². The molecule has 4 amide bonds. The summed E-state index contributed by atoms with van der Waals surface area (Å²) in [6.45, 7) is 1.07. The molecule has 2 heterocycles. The highest BCUT2D eigenvalue weighted by molar-refractivity contribution is 6.11. The standard InChI is InChI=1S/C22H21F3N4O3/c23-22(24,25)21(15-6-2-1-3-7-15)19(31)29(20(32)27-21)14-18(30)26-16-8-10-17(11-9-16)28-12-4-5-13-28/h1-3,6-11H,4-5,12-14H2,(H,26,30)(H,27,32). The van der Waals surface area contributed by atoms with Gasteiger partial charge in [0.1, 0.15) is 6.54 Å². The van der Waals surface area contributed by atoms with E-state index in [-0.39, 0.29) is 4.90 Å². The summed E-state index contributed by atoms with van der Waals surface area (Å²) in [4.78, 5) is 40.0. The predicted octanol–water partition coefficient (Wildman–Crippen LogP) is 3.23. The van der Waals surface area contributed by atoms with Crippen LogP contribution in [0.25, 0.3) is 0 Å². The van der Waals surface area contributed by atoms with Gasteiger partial charge in [0.05, 0.1) is 0 Å². The number of urea groups is 1. The summed E-state index contributed by atoms with van der Waals surface area (Å²) in [6, 6.07) is 12.1. The van der Waals surface area contributed by atoms with Crippen molar-refractivity contribution in [3.8, 4) is 0 Å². The molecule has 4 rings (SSSR count). The van der Waals surface area contributed by atoms with Crippen LogP contribution >= 0.6 is 0 Å². The van der Waals surface area contributed by atoms with Crippen LogP contribution < -0.4 is 15.5 Å². The van der Waals surface area contributed by atoms with E-state index in [2.05, 4.69) is 10.2 Å². The highest BCUT2D eigenvalue weighted by Crippen LogP contribution is 2.43. The molecule has 0 spiro atoms. The zero-order valence-corrected chi connectivity index (χ0v) is 17.0. The van der Waals surface area contributed by atoms with E-state index in [1.54, 1.807) is 17.4 Å². The van der Waals surface area contributed by atoms with Crippen molar-refractivity contribution in [3.05, 3.63) is 60.2 Å². The molecule has 0 saturated carbocycles. The predicted molar refractivity (Wildman–Crippen MR) is 111 cm³/mol. The monoisotopic (exact) mass is 446 g/mol. The second kappa shape index (κ2) is 8.18. The smallest absolute Gasteiger partial charge is 0.372 e. The van der Waals surface area contributed by atoms with Gasteiger partial charge in [-0.25, -0.2) is 4.79 Å². The van der Waals surface area contributed by atoms with E-state index in [9.17, 15) is 27.6 Å². The first kappa shape index (κ1) is 21.7. The highest BCUT2D eigenvalue weighted by Gasteiger charge is 2.68. The van der Waals surface area contributed by atoms with E-state index in [0.717, 1.165) is 43.8 Å². The normalized spacial score (nSPS) is 21.1. The van der Waals surface area contributed by atoms with Crippen LogP contribution in [-0.4, -0.2) is 48.6 Å². The first-order chi connectivity index (χ1) is 15.2. The molecular weight excluding hydrogens is 425 g/mol. The number of halogens is 3. The Labute approximate surface area is 182 Å². The van der Waals surface area contributed by atoms with E-state index in [4.69, 9.17) is 0 Å². The van der Waals surface area contributed by atoms with Gasteiger partial charge in [-0.2, -0.15) is 13.2 Å². The summed E-state index contributed by atoms with van der Waals surface area (Å²) in [5.41, 5.74) is -2.24. The Morgan fingerprint density at radius 2 is 1.62 bits per heavy atom. The van der Waals surface area contributed by atoms with Crippen LogP contribution in [0, 0.1) is 0 Å². The number of carbonyl (C=O) groups is 3. The van der Waals surface area contributed by atoms with Crippen molar-refractivity contribution in [2.24, 2.45) is 0 Å². The largest absolute Gasteiger partial charge is 0.425 e. The molecule has 0 aromatic heterocycles. The number of alkyl halides is 3. The van der Waals surface area contributed by atoms with Crippen molar-refractivity contribution in [1.82, 2.24) is 10.2 Å². The van der Waals surface area contributed by atoms with Gasteiger partial charge in [0.2, 0.25) is 11.4 Å². The van der Waals surface area contributed by atoms with Crippen molar-refractivity contribution in [2.75, 3.05) is 29.9 Å². The number of rotatable bonds is 5. The maximum atomic E-state index is 14.0. The van der Waals surface area contributed by atoms with Gasteiger partial charge in [-0.15, -0.1) is 0 Å². The van der Waals surface area contributed by atoms with Crippen molar-refractivity contribution >= 4 is 29.2 Å². The lowest BCUT2D eigenvalue weighted by Crippen LogP contribution is -2.55. The minimum atomic E-state index is -5.10. The maximum Gasteiger partial charge on any atom is 0.425 e. The Morgan fingerprint density at radius 1 is 1.00 bits per heavy atom.